The van der Waals surface area contributed by atoms with E-state index in [-0.39, 0.29) is 23.8 Å². The highest BCUT2D eigenvalue weighted by Crippen LogP contribution is 2.37. The highest BCUT2D eigenvalue weighted by Gasteiger charge is 2.52. The summed E-state index contributed by atoms with van der Waals surface area (Å²) in [5, 5.41) is 10.7. The van der Waals surface area contributed by atoms with Crippen molar-refractivity contribution in [2.45, 2.75) is 51.7 Å². The zero-order chi connectivity index (χ0) is 15.8. The standard InChI is InChI=1S/C14H20N2O5/c1-5-19-13(18)8-6-9(15)10(16-7(2)17)12-11(8)20-14(3,4)21-12/h6,10-12,15H,5H2,1-4H3,(H,16,17)/t10-,11-,12+/m1/s1. The molecular formula is C14H20N2O5. The molecule has 2 aliphatic rings. The lowest BCUT2D eigenvalue weighted by Crippen LogP contribution is -2.54. The zero-order valence-electron chi connectivity index (χ0n) is 12.6. The van der Waals surface area contributed by atoms with Crippen LogP contribution in [0.1, 0.15) is 27.7 Å². The van der Waals surface area contributed by atoms with E-state index in [1.165, 1.54) is 13.0 Å². The Balaban J connectivity index is 2.35. The summed E-state index contributed by atoms with van der Waals surface area (Å²) in [4.78, 5) is 23.3. The van der Waals surface area contributed by atoms with Crippen molar-refractivity contribution < 1.29 is 23.8 Å². The summed E-state index contributed by atoms with van der Waals surface area (Å²) in [7, 11) is 0. The van der Waals surface area contributed by atoms with Crippen molar-refractivity contribution >= 4 is 17.6 Å². The van der Waals surface area contributed by atoms with Gasteiger partial charge >= 0.3 is 5.97 Å². The fourth-order valence-electron chi connectivity index (χ4n) is 2.56. The van der Waals surface area contributed by atoms with E-state index in [0.29, 0.717) is 0 Å². The molecule has 2 N–H and O–H groups in total. The number of hydrogen-bond donors (Lipinski definition) is 2. The van der Waals surface area contributed by atoms with Gasteiger partial charge in [-0.15, -0.1) is 0 Å². The van der Waals surface area contributed by atoms with Crippen LogP contribution < -0.4 is 5.32 Å². The Morgan fingerprint density at radius 2 is 2.10 bits per heavy atom. The number of hydrogen-bond acceptors (Lipinski definition) is 6. The fraction of sp³-hybridized carbons (Fsp3) is 0.643. The lowest BCUT2D eigenvalue weighted by atomic mass is 9.88. The van der Waals surface area contributed by atoms with Gasteiger partial charge in [0.15, 0.2) is 5.79 Å². The number of fused-ring (bicyclic) bond motifs is 1. The van der Waals surface area contributed by atoms with Crippen molar-refractivity contribution in [3.05, 3.63) is 11.6 Å². The minimum Gasteiger partial charge on any atom is -0.463 e. The van der Waals surface area contributed by atoms with Crippen molar-refractivity contribution in [2.75, 3.05) is 6.61 Å². The second-order valence-corrected chi connectivity index (χ2v) is 5.47. The van der Waals surface area contributed by atoms with Crippen molar-refractivity contribution in [3.8, 4) is 0 Å². The van der Waals surface area contributed by atoms with Gasteiger partial charge in [-0.05, 0) is 26.8 Å². The van der Waals surface area contributed by atoms with Gasteiger partial charge in [0, 0.05) is 6.92 Å². The van der Waals surface area contributed by atoms with Crippen LogP contribution in [0.3, 0.4) is 0 Å². The van der Waals surface area contributed by atoms with Crippen LogP contribution in [0.2, 0.25) is 0 Å². The molecule has 1 aliphatic carbocycles. The van der Waals surface area contributed by atoms with Crippen LogP contribution in [0.4, 0.5) is 0 Å². The molecule has 0 radical (unpaired) electrons. The SMILES string of the molecule is CCOC(=O)C1=CC(=N)[C@@H](NC(C)=O)[C@@H]2OC(C)(C)O[C@H]12. The predicted molar refractivity (Wildman–Crippen MR) is 73.9 cm³/mol. The molecule has 7 heteroatoms. The minimum atomic E-state index is -0.901. The van der Waals surface area contributed by atoms with Crippen molar-refractivity contribution in [1.29, 1.82) is 5.41 Å². The third kappa shape index (κ3) is 3.14. The molecule has 0 saturated carbocycles. The fourth-order valence-corrected chi connectivity index (χ4v) is 2.56. The molecule has 1 aliphatic heterocycles. The lowest BCUT2D eigenvalue weighted by Gasteiger charge is -2.31. The lowest BCUT2D eigenvalue weighted by molar-refractivity contribution is -0.149. The molecule has 1 fully saturated rings. The summed E-state index contributed by atoms with van der Waals surface area (Å²) in [5.74, 6) is -1.70. The van der Waals surface area contributed by atoms with Crippen LogP contribution in [-0.4, -0.2) is 48.2 Å². The normalized spacial score (nSPS) is 30.4. The molecule has 3 atom stereocenters. The average molecular weight is 296 g/mol. The summed E-state index contributed by atoms with van der Waals surface area (Å²) in [6.45, 7) is 6.76. The molecule has 21 heavy (non-hydrogen) atoms. The third-order valence-corrected chi connectivity index (χ3v) is 3.28. The van der Waals surface area contributed by atoms with Crippen molar-refractivity contribution in [3.63, 3.8) is 0 Å². The summed E-state index contributed by atoms with van der Waals surface area (Å²) >= 11 is 0. The van der Waals surface area contributed by atoms with E-state index in [9.17, 15) is 9.59 Å². The first kappa shape index (κ1) is 15.7. The van der Waals surface area contributed by atoms with Crippen LogP contribution >= 0.6 is 0 Å². The quantitative estimate of drug-likeness (QED) is 0.741. The number of esters is 1. The topological polar surface area (TPSA) is 97.7 Å². The Morgan fingerprint density at radius 3 is 2.67 bits per heavy atom. The average Bonchev–Trinajstić information content (AvgIpc) is 2.68. The van der Waals surface area contributed by atoms with Gasteiger partial charge in [-0.1, -0.05) is 0 Å². The van der Waals surface area contributed by atoms with Gasteiger partial charge in [0.1, 0.15) is 12.2 Å². The molecule has 1 amide bonds. The molecule has 1 heterocycles. The molecule has 0 aromatic heterocycles. The first-order valence-corrected chi connectivity index (χ1v) is 6.85. The van der Waals surface area contributed by atoms with Crippen LogP contribution in [0.25, 0.3) is 0 Å². The summed E-state index contributed by atoms with van der Waals surface area (Å²) in [5.41, 5.74) is 0.342. The molecule has 0 bridgehead atoms. The molecule has 0 aromatic rings. The zero-order valence-corrected chi connectivity index (χ0v) is 12.6. The molecule has 2 rings (SSSR count). The molecule has 0 spiro atoms. The summed E-state index contributed by atoms with van der Waals surface area (Å²) in [6, 6.07) is -0.646. The maximum atomic E-state index is 12.0. The Bertz CT molecular complexity index is 511. The highest BCUT2D eigenvalue weighted by molar-refractivity contribution is 6.07. The van der Waals surface area contributed by atoms with E-state index >= 15 is 0 Å². The Labute approximate surface area is 123 Å². The third-order valence-electron chi connectivity index (χ3n) is 3.28. The molecule has 7 nitrogen and oxygen atoms in total. The van der Waals surface area contributed by atoms with Gasteiger partial charge in [-0.25, -0.2) is 4.79 Å². The molecule has 1 saturated heterocycles. The van der Waals surface area contributed by atoms with Crippen LogP contribution in [-0.2, 0) is 23.8 Å². The minimum absolute atomic E-state index is 0.0933. The smallest absolute Gasteiger partial charge is 0.336 e. The van der Waals surface area contributed by atoms with E-state index < -0.39 is 30.0 Å². The number of carbonyl (C=O) groups excluding carboxylic acids is 2. The van der Waals surface area contributed by atoms with Gasteiger partial charge in [0.05, 0.1) is 23.9 Å². The largest absolute Gasteiger partial charge is 0.463 e. The molecular weight excluding hydrogens is 276 g/mol. The van der Waals surface area contributed by atoms with E-state index in [0.717, 1.165) is 0 Å². The molecule has 116 valence electrons. The number of carbonyl (C=O) groups is 2. The van der Waals surface area contributed by atoms with Gasteiger partial charge in [0.25, 0.3) is 0 Å². The first-order chi connectivity index (χ1) is 9.75. The summed E-state index contributed by atoms with van der Waals surface area (Å²) in [6.07, 6.45) is 0.107. The predicted octanol–water partition coefficient (Wildman–Crippen LogP) is 0.534. The van der Waals surface area contributed by atoms with Crippen LogP contribution in [0.5, 0.6) is 0 Å². The van der Waals surface area contributed by atoms with Crippen LogP contribution in [0, 0.1) is 5.41 Å². The number of rotatable bonds is 3. The first-order valence-electron chi connectivity index (χ1n) is 6.85. The van der Waals surface area contributed by atoms with Gasteiger partial charge in [-0.3, -0.25) is 4.79 Å². The Morgan fingerprint density at radius 1 is 1.43 bits per heavy atom. The summed E-state index contributed by atoms with van der Waals surface area (Å²) < 4.78 is 16.5. The van der Waals surface area contributed by atoms with E-state index in [4.69, 9.17) is 19.6 Å². The second kappa shape index (κ2) is 5.57. The Hall–Kier alpha value is -1.73. The molecule has 0 unspecified atom stereocenters. The number of ether oxygens (including phenoxy) is 3. The monoisotopic (exact) mass is 296 g/mol. The van der Waals surface area contributed by atoms with Gasteiger partial charge in [0.2, 0.25) is 5.91 Å². The molecule has 0 aromatic carbocycles. The second-order valence-electron chi connectivity index (χ2n) is 5.47. The van der Waals surface area contributed by atoms with Crippen LogP contribution in [0.15, 0.2) is 11.6 Å². The van der Waals surface area contributed by atoms with Crippen molar-refractivity contribution in [1.82, 2.24) is 5.32 Å². The maximum Gasteiger partial charge on any atom is 0.336 e. The van der Waals surface area contributed by atoms with E-state index in [2.05, 4.69) is 5.32 Å². The van der Waals surface area contributed by atoms with E-state index in [1.54, 1.807) is 20.8 Å². The number of amides is 1. The van der Waals surface area contributed by atoms with Gasteiger partial charge < -0.3 is 24.9 Å². The van der Waals surface area contributed by atoms with E-state index in [1.807, 2.05) is 0 Å². The highest BCUT2D eigenvalue weighted by atomic mass is 16.8. The Kier molecular flexibility index (Phi) is 4.15. The maximum absolute atomic E-state index is 12.0. The van der Waals surface area contributed by atoms with Gasteiger partial charge in [-0.2, -0.15) is 0 Å². The number of nitrogens with one attached hydrogen (secondary N) is 2. The van der Waals surface area contributed by atoms with Crippen molar-refractivity contribution in [2.24, 2.45) is 0 Å².